The van der Waals surface area contributed by atoms with Crippen molar-refractivity contribution in [1.82, 2.24) is 0 Å². The number of hydrogen-bond donors (Lipinski definition) is 0. The molecule has 0 unspecified atom stereocenters. The van der Waals surface area contributed by atoms with Gasteiger partial charge in [0.25, 0.3) is 0 Å². The summed E-state index contributed by atoms with van der Waals surface area (Å²) in [5.74, 6) is 0. The summed E-state index contributed by atoms with van der Waals surface area (Å²) in [5, 5.41) is 0. The Bertz CT molecular complexity index is 124. The summed E-state index contributed by atoms with van der Waals surface area (Å²) in [6.45, 7) is 2.27. The normalized spacial score (nSPS) is 9.85. The standard InChI is InChI=1S/C12H23P/c1-2-3-4-5-6-7-8-9-10-11-12-13/h2-11H2,1H3. The monoisotopic (exact) mass is 198 g/mol. The molecular weight excluding hydrogens is 175 g/mol. The fourth-order valence-electron chi connectivity index (χ4n) is 1.51. The van der Waals surface area contributed by atoms with Gasteiger partial charge in [-0.3, -0.25) is 0 Å². The molecular formula is C12H23P. The second-order valence-electron chi connectivity index (χ2n) is 3.74. The van der Waals surface area contributed by atoms with Crippen LogP contribution >= 0.6 is 8.70 Å². The van der Waals surface area contributed by atoms with Gasteiger partial charge in [-0.05, 0) is 0 Å². The zero-order chi connectivity index (χ0) is 9.78. The van der Waals surface area contributed by atoms with E-state index in [9.17, 15) is 0 Å². The molecule has 0 aromatic carbocycles. The van der Waals surface area contributed by atoms with Gasteiger partial charge in [0.05, 0.1) is 0 Å². The third-order valence-electron chi connectivity index (χ3n) is 2.39. The maximum absolute atomic E-state index is 3.95. The van der Waals surface area contributed by atoms with E-state index in [1.165, 1.54) is 57.8 Å². The van der Waals surface area contributed by atoms with Gasteiger partial charge in [-0.25, -0.2) is 0 Å². The summed E-state index contributed by atoms with van der Waals surface area (Å²) < 4.78 is 0. The first-order valence-electron chi connectivity index (χ1n) is 5.78. The van der Waals surface area contributed by atoms with Crippen LogP contribution in [-0.4, -0.2) is 0 Å². The minimum absolute atomic E-state index is 1.05. The number of hydrogen-bond acceptors (Lipinski definition) is 0. The average molecular weight is 198 g/mol. The first-order valence-corrected chi connectivity index (χ1v) is 6.23. The molecule has 0 aromatic heterocycles. The zero-order valence-electron chi connectivity index (χ0n) is 9.02. The third kappa shape index (κ3) is 12.2. The van der Waals surface area contributed by atoms with E-state index >= 15 is 0 Å². The fraction of sp³-hybridized carbons (Fsp3) is 0.917. The van der Waals surface area contributed by atoms with Crippen LogP contribution in [0.2, 0.25) is 0 Å². The Morgan fingerprint density at radius 1 is 0.769 bits per heavy atom. The fourth-order valence-corrected chi connectivity index (χ4v) is 1.67. The summed E-state index contributed by atoms with van der Waals surface area (Å²) in [7, 11) is 3.95. The summed E-state index contributed by atoms with van der Waals surface area (Å²) >= 11 is 0. The van der Waals surface area contributed by atoms with E-state index in [-0.39, 0.29) is 0 Å². The van der Waals surface area contributed by atoms with E-state index in [0.717, 1.165) is 6.42 Å². The summed E-state index contributed by atoms with van der Waals surface area (Å²) in [5.41, 5.74) is 2.88. The second kappa shape index (κ2) is 12.2. The minimum atomic E-state index is 1.05. The van der Waals surface area contributed by atoms with Crippen LogP contribution in [-0.2, 0) is 0 Å². The van der Waals surface area contributed by atoms with Gasteiger partial charge in [0.1, 0.15) is 0 Å². The predicted octanol–water partition coefficient (Wildman–Crippen LogP) is 5.28. The summed E-state index contributed by atoms with van der Waals surface area (Å²) in [6, 6.07) is 0. The molecule has 0 aliphatic carbocycles. The van der Waals surface area contributed by atoms with Gasteiger partial charge < -0.3 is 0 Å². The van der Waals surface area contributed by atoms with E-state index in [1.807, 2.05) is 0 Å². The molecule has 0 atom stereocenters. The Balaban J connectivity index is 2.80. The van der Waals surface area contributed by atoms with Gasteiger partial charge in [0.15, 0.2) is 0 Å². The number of unbranched alkanes of at least 4 members (excludes halogenated alkanes) is 9. The molecule has 0 bridgehead atoms. The Morgan fingerprint density at radius 2 is 1.23 bits per heavy atom. The molecule has 0 N–H and O–H groups in total. The molecule has 76 valence electrons. The van der Waals surface area contributed by atoms with Crippen molar-refractivity contribution in [1.29, 1.82) is 0 Å². The molecule has 1 heteroatoms. The van der Waals surface area contributed by atoms with Gasteiger partial charge >= 0.3 is 85.5 Å². The zero-order valence-corrected chi connectivity index (χ0v) is 9.91. The van der Waals surface area contributed by atoms with Crippen LogP contribution in [0.5, 0.6) is 0 Å². The third-order valence-corrected chi connectivity index (χ3v) is 2.62. The van der Waals surface area contributed by atoms with Crippen LogP contribution < -0.4 is 0 Å². The molecule has 0 rings (SSSR count). The van der Waals surface area contributed by atoms with Crippen molar-refractivity contribution in [2.75, 3.05) is 0 Å². The molecule has 0 heterocycles. The molecule has 0 aliphatic rings. The Hall–Kier alpha value is 0.210. The van der Waals surface area contributed by atoms with Crippen LogP contribution in [0, 0.1) is 5.63 Å². The van der Waals surface area contributed by atoms with Crippen LogP contribution in [0.15, 0.2) is 0 Å². The Morgan fingerprint density at radius 3 is 1.69 bits per heavy atom. The topological polar surface area (TPSA) is 0 Å². The molecule has 13 heavy (non-hydrogen) atoms. The van der Waals surface area contributed by atoms with Crippen molar-refractivity contribution in [3.05, 3.63) is 0 Å². The maximum atomic E-state index is 3.95. The molecule has 0 nitrogen and oxygen atoms in total. The van der Waals surface area contributed by atoms with Gasteiger partial charge in [-0.1, -0.05) is 0 Å². The first-order chi connectivity index (χ1) is 6.41. The van der Waals surface area contributed by atoms with Crippen molar-refractivity contribution in [3.63, 3.8) is 0 Å². The van der Waals surface area contributed by atoms with E-state index in [0.29, 0.717) is 0 Å². The van der Waals surface area contributed by atoms with E-state index < -0.39 is 0 Å². The SMILES string of the molecule is CCCCCCCCCCCC#P. The summed E-state index contributed by atoms with van der Waals surface area (Å²) in [6.07, 6.45) is 13.6. The molecule has 0 saturated heterocycles. The van der Waals surface area contributed by atoms with Crippen molar-refractivity contribution < 1.29 is 0 Å². The number of rotatable bonds is 9. The van der Waals surface area contributed by atoms with Crippen molar-refractivity contribution in [2.24, 2.45) is 0 Å². The van der Waals surface area contributed by atoms with Gasteiger partial charge in [0, 0.05) is 0 Å². The molecule has 0 radical (unpaired) electrons. The molecule has 0 spiro atoms. The first kappa shape index (κ1) is 13.2. The van der Waals surface area contributed by atoms with Gasteiger partial charge in [-0.2, -0.15) is 0 Å². The predicted molar refractivity (Wildman–Crippen MR) is 62.7 cm³/mol. The van der Waals surface area contributed by atoms with Crippen molar-refractivity contribution in [2.45, 2.75) is 71.1 Å². The van der Waals surface area contributed by atoms with Gasteiger partial charge in [0.2, 0.25) is 0 Å². The molecule has 0 aromatic rings. The average Bonchev–Trinajstić information content (AvgIpc) is 2.16. The van der Waals surface area contributed by atoms with Crippen LogP contribution in [0.4, 0.5) is 0 Å². The Kier molecular flexibility index (Phi) is 12.4. The van der Waals surface area contributed by atoms with E-state index in [2.05, 4.69) is 21.2 Å². The van der Waals surface area contributed by atoms with Crippen molar-refractivity contribution in [3.8, 4) is 5.63 Å². The second-order valence-corrected chi connectivity index (χ2v) is 4.05. The molecule has 0 aliphatic heterocycles. The van der Waals surface area contributed by atoms with E-state index in [1.54, 1.807) is 0 Å². The molecule has 0 saturated carbocycles. The van der Waals surface area contributed by atoms with Crippen LogP contribution in [0.1, 0.15) is 71.1 Å². The van der Waals surface area contributed by atoms with E-state index in [4.69, 9.17) is 0 Å². The summed E-state index contributed by atoms with van der Waals surface area (Å²) in [4.78, 5) is 0. The van der Waals surface area contributed by atoms with Gasteiger partial charge in [-0.15, -0.1) is 0 Å². The van der Waals surface area contributed by atoms with Crippen LogP contribution in [0.3, 0.4) is 0 Å². The molecule has 0 fully saturated rings. The Labute approximate surface area is 86.0 Å². The van der Waals surface area contributed by atoms with Crippen LogP contribution in [0.25, 0.3) is 0 Å². The van der Waals surface area contributed by atoms with Crippen molar-refractivity contribution >= 4 is 8.70 Å². The quantitative estimate of drug-likeness (QED) is 0.349. The molecule has 0 amide bonds.